The van der Waals surface area contributed by atoms with Gasteiger partial charge in [0.1, 0.15) is 36.3 Å². The van der Waals surface area contributed by atoms with Crippen LogP contribution in [0.3, 0.4) is 0 Å². The van der Waals surface area contributed by atoms with Gasteiger partial charge in [-0.1, -0.05) is 119 Å². The second-order valence-corrected chi connectivity index (χ2v) is 41.4. The Balaban J connectivity index is 0.000000227. The van der Waals surface area contributed by atoms with Gasteiger partial charge in [0, 0.05) is 54.8 Å². The SMILES string of the molecule is Cc1cc(O)c(Cl)cc1-c1ccc2c(-c3nc4ccccc4[nH]3)n[nH]c2c1.Cc1cc(OCOCC[Si](C)(C)C)c(Cl)cc1-c1ccc2c(-c3nc4ccccc4n3COCC[Si](C)(C)C)nn(COCC[Si](C)(C)C)c2c1. The van der Waals surface area contributed by atoms with Gasteiger partial charge in [0.15, 0.2) is 18.4 Å². The molecule has 18 heteroatoms. The molecule has 0 aliphatic rings. The maximum absolute atomic E-state index is 9.77. The Bertz CT molecular complexity index is 3710. The van der Waals surface area contributed by atoms with Gasteiger partial charge in [0.2, 0.25) is 0 Å². The number of hydrogen-bond acceptors (Lipinski definition) is 9. The molecule has 4 aromatic heterocycles. The van der Waals surface area contributed by atoms with Gasteiger partial charge >= 0.3 is 0 Å². The summed E-state index contributed by atoms with van der Waals surface area (Å²) in [6.45, 7) is 28.3. The number of aromatic hydroxyl groups is 1. The molecule has 4 heterocycles. The Morgan fingerprint density at radius 3 is 1.87 bits per heavy atom. The summed E-state index contributed by atoms with van der Waals surface area (Å²) in [4.78, 5) is 13.1. The number of aromatic nitrogens is 8. The number of imidazole rings is 2. The summed E-state index contributed by atoms with van der Waals surface area (Å²) in [5, 5.41) is 25.4. The van der Waals surface area contributed by atoms with Gasteiger partial charge in [-0.05, 0) is 138 Å². The van der Waals surface area contributed by atoms with Crippen molar-refractivity contribution < 1.29 is 24.1 Å². The average Bonchev–Trinajstić information content (AvgIpc) is 4.33. The van der Waals surface area contributed by atoms with E-state index in [0.717, 1.165) is 125 Å². The van der Waals surface area contributed by atoms with Crippen LogP contribution in [0.2, 0.25) is 87.1 Å². The highest BCUT2D eigenvalue weighted by Crippen LogP contribution is 2.39. The third-order valence-electron chi connectivity index (χ3n) is 13.7. The molecule has 0 aliphatic carbocycles. The highest BCUT2D eigenvalue weighted by molar-refractivity contribution is 6.76. The molecule has 13 nitrogen and oxygen atoms in total. The minimum atomic E-state index is -1.25. The average molecular weight is 1140 g/mol. The number of hydrogen-bond donors (Lipinski definition) is 3. The van der Waals surface area contributed by atoms with E-state index in [4.69, 9.17) is 52.2 Å². The first-order chi connectivity index (χ1) is 37.1. The van der Waals surface area contributed by atoms with Crippen molar-refractivity contribution in [1.82, 2.24) is 39.5 Å². The zero-order valence-electron chi connectivity index (χ0n) is 46.8. The van der Waals surface area contributed by atoms with Gasteiger partial charge in [0.05, 0.1) is 43.1 Å². The van der Waals surface area contributed by atoms with Crippen LogP contribution in [0.25, 0.3) is 89.2 Å². The number of phenolic OH excluding ortho intramolecular Hbond substituents is 1. The molecule has 408 valence electrons. The molecule has 0 spiro atoms. The molecule has 0 unspecified atom stereocenters. The minimum Gasteiger partial charge on any atom is -0.506 e. The number of para-hydroxylation sites is 4. The quantitative estimate of drug-likeness (QED) is 0.0385. The maximum Gasteiger partial charge on any atom is 0.189 e. The van der Waals surface area contributed by atoms with E-state index in [0.29, 0.717) is 42.5 Å². The first-order valence-electron chi connectivity index (χ1n) is 26.6. The van der Waals surface area contributed by atoms with E-state index in [2.05, 4.69) is 115 Å². The normalized spacial score (nSPS) is 12.3. The number of H-pyrrole nitrogens is 2. The molecular formula is C60H72Cl2N8O5Si3. The Morgan fingerprint density at radius 2 is 1.18 bits per heavy atom. The summed E-state index contributed by atoms with van der Waals surface area (Å²) in [5.41, 5.74) is 13.4. The number of aromatic amines is 2. The topological polar surface area (TPSA) is 150 Å². The number of rotatable bonds is 20. The van der Waals surface area contributed by atoms with Crippen LogP contribution in [-0.2, 0) is 27.7 Å². The molecule has 10 aromatic rings. The van der Waals surface area contributed by atoms with Crippen molar-refractivity contribution in [2.24, 2.45) is 0 Å². The van der Waals surface area contributed by atoms with Crippen molar-refractivity contribution in [1.29, 1.82) is 0 Å². The van der Waals surface area contributed by atoms with Crippen LogP contribution in [0.4, 0.5) is 0 Å². The highest BCUT2D eigenvalue weighted by Gasteiger charge is 2.23. The second kappa shape index (κ2) is 23.7. The van der Waals surface area contributed by atoms with Gasteiger partial charge in [-0.15, -0.1) is 0 Å². The number of benzene rings is 6. The first-order valence-corrected chi connectivity index (χ1v) is 38.5. The minimum absolute atomic E-state index is 0.0905. The zero-order chi connectivity index (χ0) is 55.5. The smallest absolute Gasteiger partial charge is 0.189 e. The molecule has 0 saturated heterocycles. The van der Waals surface area contributed by atoms with Crippen LogP contribution in [0.5, 0.6) is 11.5 Å². The summed E-state index contributed by atoms with van der Waals surface area (Å²) in [6.07, 6.45) is 0. The summed E-state index contributed by atoms with van der Waals surface area (Å²) < 4.78 is 28.4. The third-order valence-corrected chi connectivity index (χ3v) is 19.4. The Kier molecular flexibility index (Phi) is 17.2. The van der Waals surface area contributed by atoms with Crippen molar-refractivity contribution in [3.05, 3.63) is 130 Å². The van der Waals surface area contributed by atoms with Crippen molar-refractivity contribution in [2.75, 3.05) is 26.6 Å². The molecule has 10 rings (SSSR count). The number of nitrogens with one attached hydrogen (secondary N) is 2. The van der Waals surface area contributed by atoms with E-state index >= 15 is 0 Å². The predicted octanol–water partition coefficient (Wildman–Crippen LogP) is 16.4. The lowest BCUT2D eigenvalue weighted by molar-refractivity contribution is 0.0221. The fourth-order valence-electron chi connectivity index (χ4n) is 9.08. The van der Waals surface area contributed by atoms with Crippen molar-refractivity contribution in [2.45, 2.75) is 104 Å². The lowest BCUT2D eigenvalue weighted by Crippen LogP contribution is -2.22. The standard InChI is InChI=1S/C39H57ClN4O4Si3.C21H15ClN4O/c1-29-23-37(48-28-47-19-22-51(8,9)10)33(40)25-32(29)30-15-16-31-36(24-30)44(27-46-18-21-50(5,6)7)42-38(31)39-41-34-13-11-12-14-35(34)43(39)26-45-17-20-49(2,3)4;1-11-8-19(27)15(22)10-14(11)12-6-7-13-18(9-12)25-26-20(13)21-23-16-4-2-3-5-17(16)24-21/h11-16,23-25H,17-22,26-28H2,1-10H3;2-10,27H,1H3,(H,23,24)(H,25,26). The highest BCUT2D eigenvalue weighted by atomic mass is 35.5. The summed E-state index contributed by atoms with van der Waals surface area (Å²) in [7, 11) is -3.64. The van der Waals surface area contributed by atoms with E-state index in [-0.39, 0.29) is 12.5 Å². The fourth-order valence-corrected chi connectivity index (χ4v) is 11.7. The first kappa shape index (κ1) is 56.6. The van der Waals surface area contributed by atoms with Gasteiger partial charge in [0.25, 0.3) is 0 Å². The molecular weight excluding hydrogens is 1070 g/mol. The van der Waals surface area contributed by atoms with Gasteiger partial charge in [-0.2, -0.15) is 10.2 Å². The van der Waals surface area contributed by atoms with Crippen molar-refractivity contribution in [3.8, 4) is 56.8 Å². The third kappa shape index (κ3) is 13.7. The van der Waals surface area contributed by atoms with Crippen molar-refractivity contribution in [3.63, 3.8) is 0 Å². The Labute approximate surface area is 470 Å². The van der Waals surface area contributed by atoms with Crippen LogP contribution >= 0.6 is 23.2 Å². The van der Waals surface area contributed by atoms with E-state index in [1.165, 1.54) is 0 Å². The van der Waals surface area contributed by atoms with E-state index < -0.39 is 24.2 Å². The molecule has 0 amide bonds. The molecule has 0 atom stereocenters. The molecule has 78 heavy (non-hydrogen) atoms. The summed E-state index contributed by atoms with van der Waals surface area (Å²) in [6, 6.07) is 39.4. The predicted molar refractivity (Wildman–Crippen MR) is 329 cm³/mol. The zero-order valence-corrected chi connectivity index (χ0v) is 51.3. The molecule has 0 bridgehead atoms. The van der Waals surface area contributed by atoms with Crippen LogP contribution in [0.1, 0.15) is 11.1 Å². The molecule has 3 N–H and O–H groups in total. The summed E-state index contributed by atoms with van der Waals surface area (Å²) >= 11 is 12.9. The number of ether oxygens (including phenoxy) is 4. The number of halogens is 2. The van der Waals surface area contributed by atoms with E-state index in [1.807, 2.05) is 84.4 Å². The molecule has 0 fully saturated rings. The number of aryl methyl sites for hydroxylation is 2. The lowest BCUT2D eigenvalue weighted by atomic mass is 9.99. The molecule has 0 aliphatic heterocycles. The number of phenols is 1. The maximum atomic E-state index is 9.77. The molecule has 0 radical (unpaired) electrons. The Morgan fingerprint density at radius 1 is 0.577 bits per heavy atom. The number of nitrogens with zero attached hydrogens (tertiary/aromatic N) is 6. The van der Waals surface area contributed by atoms with Gasteiger partial charge in [-0.25, -0.2) is 14.6 Å². The summed E-state index contributed by atoms with van der Waals surface area (Å²) in [5.74, 6) is 2.24. The van der Waals surface area contributed by atoms with Crippen molar-refractivity contribution >= 4 is 91.3 Å². The lowest BCUT2D eigenvalue weighted by Gasteiger charge is -2.16. The van der Waals surface area contributed by atoms with Gasteiger partial charge < -0.3 is 29.0 Å². The Hall–Kier alpha value is -6.09. The largest absolute Gasteiger partial charge is 0.506 e. The van der Waals surface area contributed by atoms with Gasteiger partial charge in [-0.3, -0.25) is 9.67 Å². The molecule has 0 saturated carbocycles. The van der Waals surface area contributed by atoms with Crippen LogP contribution < -0.4 is 4.74 Å². The van der Waals surface area contributed by atoms with Crippen LogP contribution in [-0.4, -0.2) is 95.4 Å². The second-order valence-electron chi connectivity index (χ2n) is 23.8. The van der Waals surface area contributed by atoms with E-state index in [9.17, 15) is 5.11 Å². The van der Waals surface area contributed by atoms with E-state index in [1.54, 1.807) is 12.1 Å². The number of fused-ring (bicyclic) bond motifs is 4. The van der Waals surface area contributed by atoms with Crippen LogP contribution in [0.15, 0.2) is 109 Å². The molecule has 6 aromatic carbocycles. The fraction of sp³-hybridized carbons (Fsp3) is 0.333. The van der Waals surface area contributed by atoms with Crippen LogP contribution in [0, 0.1) is 13.8 Å². The monoisotopic (exact) mass is 1140 g/mol.